The van der Waals surface area contributed by atoms with Crippen molar-refractivity contribution in [2.75, 3.05) is 40.3 Å². The van der Waals surface area contributed by atoms with Crippen molar-refractivity contribution in [1.82, 2.24) is 9.80 Å². The van der Waals surface area contributed by atoms with Gasteiger partial charge in [-0.3, -0.25) is 4.79 Å². The van der Waals surface area contributed by atoms with E-state index in [1.165, 1.54) is 0 Å². The normalized spacial score (nSPS) is 15.3. The molecule has 2 aromatic rings. The first-order valence-corrected chi connectivity index (χ1v) is 8.87. The summed E-state index contributed by atoms with van der Waals surface area (Å²) in [5.41, 5.74) is 2.03. The minimum Gasteiger partial charge on any atom is -0.496 e. The molecule has 0 atom stereocenters. The van der Waals surface area contributed by atoms with Crippen LogP contribution in [0.5, 0.6) is 5.75 Å². The number of amides is 1. The van der Waals surface area contributed by atoms with Gasteiger partial charge in [-0.25, -0.2) is 0 Å². The van der Waals surface area contributed by atoms with Crippen LogP contribution >= 0.6 is 23.2 Å². The molecule has 25 heavy (non-hydrogen) atoms. The van der Waals surface area contributed by atoms with Gasteiger partial charge in [0.05, 0.1) is 17.7 Å². The fourth-order valence-electron chi connectivity index (χ4n) is 2.96. The van der Waals surface area contributed by atoms with E-state index in [1.54, 1.807) is 25.3 Å². The van der Waals surface area contributed by atoms with E-state index >= 15 is 0 Å². The lowest BCUT2D eigenvalue weighted by Crippen LogP contribution is -2.47. The predicted molar refractivity (Wildman–Crippen MR) is 102 cm³/mol. The number of carbonyl (C=O) groups excluding carboxylic acids is 1. The molecule has 1 heterocycles. The topological polar surface area (TPSA) is 32.8 Å². The third kappa shape index (κ3) is 3.76. The van der Waals surface area contributed by atoms with E-state index in [1.807, 2.05) is 23.1 Å². The number of hydrogen-bond donors (Lipinski definition) is 0. The highest BCUT2D eigenvalue weighted by molar-refractivity contribution is 6.36. The summed E-state index contributed by atoms with van der Waals surface area (Å²) in [6, 6.07) is 10.9. The summed E-state index contributed by atoms with van der Waals surface area (Å²) in [5, 5.41) is 1.09. The van der Waals surface area contributed by atoms with Crippen molar-refractivity contribution in [2.45, 2.75) is 0 Å². The molecule has 1 aliphatic rings. The van der Waals surface area contributed by atoms with Gasteiger partial charge < -0.3 is 14.5 Å². The van der Waals surface area contributed by atoms with Crippen LogP contribution in [-0.4, -0.2) is 56.0 Å². The van der Waals surface area contributed by atoms with Gasteiger partial charge in [-0.2, -0.15) is 0 Å². The molecule has 0 spiro atoms. The second-order valence-electron chi connectivity index (χ2n) is 6.11. The number of rotatable bonds is 3. The van der Waals surface area contributed by atoms with Crippen molar-refractivity contribution in [3.8, 4) is 16.9 Å². The number of likely N-dealkylation sites (N-methyl/N-ethyl adjacent to an activating group) is 1. The SMILES string of the molecule is COc1cc(Cl)c(-c2ccccc2Cl)cc1C(=O)N1CCN(C)CC1. The molecule has 1 fully saturated rings. The van der Waals surface area contributed by atoms with Gasteiger partial charge in [-0.05, 0) is 19.2 Å². The van der Waals surface area contributed by atoms with Gasteiger partial charge in [0, 0.05) is 48.4 Å². The molecule has 0 bridgehead atoms. The van der Waals surface area contributed by atoms with Gasteiger partial charge in [0.15, 0.2) is 0 Å². The van der Waals surface area contributed by atoms with Crippen molar-refractivity contribution in [2.24, 2.45) is 0 Å². The first-order chi connectivity index (χ1) is 12.0. The van der Waals surface area contributed by atoms with Crippen molar-refractivity contribution in [3.63, 3.8) is 0 Å². The monoisotopic (exact) mass is 378 g/mol. The van der Waals surface area contributed by atoms with E-state index in [-0.39, 0.29) is 5.91 Å². The number of carbonyl (C=O) groups is 1. The lowest BCUT2D eigenvalue weighted by Gasteiger charge is -2.32. The summed E-state index contributed by atoms with van der Waals surface area (Å²) in [4.78, 5) is 17.1. The van der Waals surface area contributed by atoms with Gasteiger partial charge in [0.25, 0.3) is 5.91 Å². The minimum atomic E-state index is -0.0464. The van der Waals surface area contributed by atoms with Crippen LogP contribution in [0.3, 0.4) is 0 Å². The summed E-state index contributed by atoms with van der Waals surface area (Å²) in [5.74, 6) is 0.430. The number of methoxy groups -OCH3 is 1. The van der Waals surface area contributed by atoms with E-state index in [0.717, 1.165) is 24.2 Å². The largest absolute Gasteiger partial charge is 0.496 e. The molecular formula is C19H20Cl2N2O2. The Hall–Kier alpha value is -1.75. The zero-order valence-electron chi connectivity index (χ0n) is 14.3. The molecule has 2 aromatic carbocycles. The highest BCUT2D eigenvalue weighted by atomic mass is 35.5. The molecule has 0 unspecified atom stereocenters. The number of benzene rings is 2. The summed E-state index contributed by atoms with van der Waals surface area (Å²) < 4.78 is 5.41. The fourth-order valence-corrected chi connectivity index (χ4v) is 3.45. The van der Waals surface area contributed by atoms with Gasteiger partial charge in [-0.15, -0.1) is 0 Å². The molecule has 6 heteroatoms. The van der Waals surface area contributed by atoms with E-state index in [0.29, 0.717) is 34.4 Å². The summed E-state index contributed by atoms with van der Waals surface area (Å²) in [6.45, 7) is 3.11. The maximum absolute atomic E-state index is 13.0. The number of ether oxygens (including phenoxy) is 1. The molecule has 132 valence electrons. The van der Waals surface area contributed by atoms with E-state index in [9.17, 15) is 4.79 Å². The van der Waals surface area contributed by atoms with Crippen LogP contribution in [0.4, 0.5) is 0 Å². The Bertz CT molecular complexity index is 787. The Labute approximate surface area is 157 Å². The number of halogens is 2. The van der Waals surface area contributed by atoms with Gasteiger partial charge >= 0.3 is 0 Å². The molecule has 1 aliphatic heterocycles. The van der Waals surface area contributed by atoms with Crippen molar-refractivity contribution >= 4 is 29.1 Å². The number of nitrogens with zero attached hydrogens (tertiary/aromatic N) is 2. The first-order valence-electron chi connectivity index (χ1n) is 8.11. The van der Waals surface area contributed by atoms with Crippen LogP contribution in [-0.2, 0) is 0 Å². The van der Waals surface area contributed by atoms with Gasteiger partial charge in [0.1, 0.15) is 5.75 Å². The molecule has 3 rings (SSSR count). The maximum atomic E-state index is 13.0. The first kappa shape index (κ1) is 18.1. The lowest BCUT2D eigenvalue weighted by atomic mass is 10.0. The molecule has 0 N–H and O–H groups in total. The zero-order valence-corrected chi connectivity index (χ0v) is 15.8. The standard InChI is InChI=1S/C19H20Cl2N2O2/c1-22-7-9-23(10-8-22)19(24)15-11-14(17(21)12-18(15)25-2)13-5-3-4-6-16(13)20/h3-6,11-12H,7-10H2,1-2H3. The molecule has 1 amide bonds. The molecule has 4 nitrogen and oxygen atoms in total. The van der Waals surface area contributed by atoms with E-state index in [4.69, 9.17) is 27.9 Å². The molecule has 0 aromatic heterocycles. The Morgan fingerprint density at radius 2 is 1.68 bits per heavy atom. The molecular weight excluding hydrogens is 359 g/mol. The van der Waals surface area contributed by atoms with Crippen LogP contribution < -0.4 is 4.74 Å². The van der Waals surface area contributed by atoms with Crippen molar-refractivity contribution in [3.05, 3.63) is 52.0 Å². The smallest absolute Gasteiger partial charge is 0.257 e. The predicted octanol–water partition coefficient (Wildman–Crippen LogP) is 4.06. The molecule has 1 saturated heterocycles. The third-order valence-corrected chi connectivity index (χ3v) is 5.12. The Balaban J connectivity index is 2.02. The quantitative estimate of drug-likeness (QED) is 0.807. The van der Waals surface area contributed by atoms with Crippen LogP contribution in [0.2, 0.25) is 10.0 Å². The van der Waals surface area contributed by atoms with Crippen LogP contribution in [0.1, 0.15) is 10.4 Å². The second kappa shape index (κ2) is 7.65. The van der Waals surface area contributed by atoms with Crippen molar-refractivity contribution < 1.29 is 9.53 Å². The second-order valence-corrected chi connectivity index (χ2v) is 6.92. The summed E-state index contributed by atoms with van der Waals surface area (Å²) >= 11 is 12.7. The van der Waals surface area contributed by atoms with Gasteiger partial charge in [-0.1, -0.05) is 41.4 Å². The number of piperazine rings is 1. The third-order valence-electron chi connectivity index (χ3n) is 4.47. The zero-order chi connectivity index (χ0) is 18.0. The highest BCUT2D eigenvalue weighted by Gasteiger charge is 2.24. The fraction of sp³-hybridized carbons (Fsp3) is 0.316. The Kier molecular flexibility index (Phi) is 5.52. The van der Waals surface area contributed by atoms with Gasteiger partial charge in [0.2, 0.25) is 0 Å². The lowest BCUT2D eigenvalue weighted by molar-refractivity contribution is 0.0661. The molecule has 0 radical (unpaired) electrons. The summed E-state index contributed by atoms with van der Waals surface area (Å²) in [6.07, 6.45) is 0. The highest BCUT2D eigenvalue weighted by Crippen LogP contribution is 2.37. The van der Waals surface area contributed by atoms with Crippen LogP contribution in [0, 0.1) is 0 Å². The Morgan fingerprint density at radius 3 is 2.32 bits per heavy atom. The summed E-state index contributed by atoms with van der Waals surface area (Å²) in [7, 11) is 3.60. The van der Waals surface area contributed by atoms with Crippen LogP contribution in [0.15, 0.2) is 36.4 Å². The van der Waals surface area contributed by atoms with E-state index in [2.05, 4.69) is 11.9 Å². The Morgan fingerprint density at radius 1 is 1.00 bits per heavy atom. The van der Waals surface area contributed by atoms with E-state index < -0.39 is 0 Å². The van der Waals surface area contributed by atoms with Crippen molar-refractivity contribution in [1.29, 1.82) is 0 Å². The minimum absolute atomic E-state index is 0.0464. The average Bonchev–Trinajstić information content (AvgIpc) is 2.62. The van der Waals surface area contributed by atoms with Crippen LogP contribution in [0.25, 0.3) is 11.1 Å². The average molecular weight is 379 g/mol. The maximum Gasteiger partial charge on any atom is 0.257 e. The molecule has 0 aliphatic carbocycles. The molecule has 0 saturated carbocycles. The number of hydrogen-bond acceptors (Lipinski definition) is 3.